The fourth-order valence-electron chi connectivity index (χ4n) is 0.946. The topological polar surface area (TPSA) is 72.0 Å². The summed E-state index contributed by atoms with van der Waals surface area (Å²) in [6, 6.07) is 0. The van der Waals surface area contributed by atoms with Crippen LogP contribution in [0.4, 0.5) is 0 Å². The standard InChI is InChI=1S/C8H12ClN3O2S2/c1-15-4-2-3-12-16(13,14)7-5-10-8(9)11-6-7/h5-6,12H,2-4H2,1H3. The third kappa shape index (κ3) is 4.25. The van der Waals surface area contributed by atoms with Crippen molar-refractivity contribution in [2.75, 3.05) is 18.6 Å². The molecule has 1 rings (SSSR count). The van der Waals surface area contributed by atoms with Crippen LogP contribution in [0.3, 0.4) is 0 Å². The maximum atomic E-state index is 11.7. The van der Waals surface area contributed by atoms with Crippen molar-refractivity contribution in [1.82, 2.24) is 14.7 Å². The highest BCUT2D eigenvalue weighted by atomic mass is 35.5. The van der Waals surface area contributed by atoms with Crippen molar-refractivity contribution in [3.8, 4) is 0 Å². The van der Waals surface area contributed by atoms with Crippen molar-refractivity contribution in [2.24, 2.45) is 0 Å². The molecule has 5 nitrogen and oxygen atoms in total. The van der Waals surface area contributed by atoms with Crippen LogP contribution in [0.25, 0.3) is 0 Å². The first-order chi connectivity index (χ1) is 7.56. The van der Waals surface area contributed by atoms with Gasteiger partial charge in [-0.05, 0) is 30.0 Å². The molecule has 0 saturated heterocycles. The summed E-state index contributed by atoms with van der Waals surface area (Å²) in [6.45, 7) is 0.409. The number of hydrogen-bond acceptors (Lipinski definition) is 5. The molecule has 8 heteroatoms. The highest BCUT2D eigenvalue weighted by molar-refractivity contribution is 7.98. The Labute approximate surface area is 104 Å². The summed E-state index contributed by atoms with van der Waals surface area (Å²) >= 11 is 7.14. The summed E-state index contributed by atoms with van der Waals surface area (Å²) in [4.78, 5) is 7.27. The molecule has 1 aromatic heterocycles. The Bertz CT molecular complexity index is 421. The molecular formula is C8H12ClN3O2S2. The summed E-state index contributed by atoms with van der Waals surface area (Å²) in [5, 5.41) is 0.0290. The molecule has 1 heterocycles. The second-order valence-corrected chi connectivity index (χ2v) is 6.02. The quantitative estimate of drug-likeness (QED) is 0.626. The van der Waals surface area contributed by atoms with E-state index in [1.807, 2.05) is 6.26 Å². The van der Waals surface area contributed by atoms with Crippen molar-refractivity contribution in [2.45, 2.75) is 11.3 Å². The molecule has 0 spiro atoms. The smallest absolute Gasteiger partial charge is 0.225 e. The van der Waals surface area contributed by atoms with Crippen LogP contribution in [0.1, 0.15) is 6.42 Å². The largest absolute Gasteiger partial charge is 0.243 e. The van der Waals surface area contributed by atoms with Crippen LogP contribution < -0.4 is 4.72 Å². The molecular weight excluding hydrogens is 270 g/mol. The minimum Gasteiger partial charge on any atom is -0.225 e. The number of halogens is 1. The summed E-state index contributed by atoms with van der Waals surface area (Å²) in [5.74, 6) is 0.916. The Hall–Kier alpha value is -0.370. The molecule has 0 fully saturated rings. The van der Waals surface area contributed by atoms with E-state index in [0.29, 0.717) is 6.54 Å². The molecule has 0 radical (unpaired) electrons. The highest BCUT2D eigenvalue weighted by Gasteiger charge is 2.13. The average Bonchev–Trinajstić information content (AvgIpc) is 2.25. The van der Waals surface area contributed by atoms with Gasteiger partial charge >= 0.3 is 0 Å². The van der Waals surface area contributed by atoms with Gasteiger partial charge in [0.05, 0.1) is 12.4 Å². The fourth-order valence-corrected chi connectivity index (χ4v) is 2.44. The predicted molar refractivity (Wildman–Crippen MR) is 65.2 cm³/mol. The maximum Gasteiger partial charge on any atom is 0.243 e. The van der Waals surface area contributed by atoms with Crippen LogP contribution in [-0.4, -0.2) is 36.9 Å². The lowest BCUT2D eigenvalue weighted by Crippen LogP contribution is -2.25. The average molecular weight is 282 g/mol. The zero-order chi connectivity index (χ0) is 12.0. The van der Waals surface area contributed by atoms with Crippen molar-refractivity contribution in [1.29, 1.82) is 0 Å². The number of hydrogen-bond donors (Lipinski definition) is 1. The van der Waals surface area contributed by atoms with Crippen LogP contribution in [0.15, 0.2) is 17.3 Å². The first-order valence-electron chi connectivity index (χ1n) is 4.52. The summed E-state index contributed by atoms with van der Waals surface area (Å²) in [5.41, 5.74) is 0. The van der Waals surface area contributed by atoms with E-state index in [-0.39, 0.29) is 10.2 Å². The number of rotatable bonds is 6. The number of nitrogens with one attached hydrogen (secondary N) is 1. The van der Waals surface area contributed by atoms with E-state index in [9.17, 15) is 8.42 Å². The van der Waals surface area contributed by atoms with Gasteiger partial charge in [0.2, 0.25) is 15.3 Å². The van der Waals surface area contributed by atoms with Crippen LogP contribution in [0.5, 0.6) is 0 Å². The molecule has 1 aromatic rings. The fraction of sp³-hybridized carbons (Fsp3) is 0.500. The number of aromatic nitrogens is 2. The Morgan fingerprint density at radius 1 is 1.44 bits per heavy atom. The predicted octanol–water partition coefficient (Wildman–Crippen LogP) is 1.16. The van der Waals surface area contributed by atoms with E-state index in [2.05, 4.69) is 14.7 Å². The van der Waals surface area contributed by atoms with Gasteiger partial charge in [-0.25, -0.2) is 23.1 Å². The first-order valence-corrected chi connectivity index (χ1v) is 7.78. The van der Waals surface area contributed by atoms with Gasteiger partial charge in [0.1, 0.15) is 4.90 Å². The molecule has 0 amide bonds. The van der Waals surface area contributed by atoms with E-state index in [0.717, 1.165) is 12.2 Å². The SMILES string of the molecule is CSCCCNS(=O)(=O)c1cnc(Cl)nc1. The van der Waals surface area contributed by atoms with Crippen molar-refractivity contribution >= 4 is 33.4 Å². The molecule has 0 aliphatic heterocycles. The lowest BCUT2D eigenvalue weighted by molar-refractivity contribution is 0.580. The highest BCUT2D eigenvalue weighted by Crippen LogP contribution is 2.07. The van der Waals surface area contributed by atoms with Gasteiger partial charge in [-0.1, -0.05) is 0 Å². The molecule has 0 unspecified atom stereocenters. The lowest BCUT2D eigenvalue weighted by atomic mass is 10.5. The van der Waals surface area contributed by atoms with E-state index in [4.69, 9.17) is 11.6 Å². The molecule has 0 atom stereocenters. The normalized spacial score (nSPS) is 11.6. The zero-order valence-corrected chi connectivity index (χ0v) is 11.1. The van der Waals surface area contributed by atoms with Crippen LogP contribution in [0.2, 0.25) is 5.28 Å². The van der Waals surface area contributed by atoms with Crippen LogP contribution in [-0.2, 0) is 10.0 Å². The maximum absolute atomic E-state index is 11.7. The minimum atomic E-state index is -3.50. The van der Waals surface area contributed by atoms with Crippen molar-refractivity contribution in [3.63, 3.8) is 0 Å². The molecule has 0 saturated carbocycles. The van der Waals surface area contributed by atoms with Crippen molar-refractivity contribution < 1.29 is 8.42 Å². The third-order valence-corrected chi connectivity index (χ3v) is 4.03. The molecule has 0 aliphatic carbocycles. The number of nitrogens with zero attached hydrogens (tertiary/aromatic N) is 2. The summed E-state index contributed by atoms with van der Waals surface area (Å²) < 4.78 is 25.8. The molecule has 0 aromatic carbocycles. The van der Waals surface area contributed by atoms with Gasteiger partial charge in [-0.15, -0.1) is 0 Å². The Balaban J connectivity index is 2.60. The summed E-state index contributed by atoms with van der Waals surface area (Å²) in [7, 11) is -3.50. The molecule has 16 heavy (non-hydrogen) atoms. The van der Waals surface area contributed by atoms with E-state index in [1.54, 1.807) is 11.8 Å². The molecule has 1 N–H and O–H groups in total. The number of thioether (sulfide) groups is 1. The second-order valence-electron chi connectivity index (χ2n) is 2.93. The Morgan fingerprint density at radius 2 is 2.06 bits per heavy atom. The van der Waals surface area contributed by atoms with Gasteiger partial charge in [0.15, 0.2) is 0 Å². The Kier molecular flexibility index (Phi) is 5.47. The van der Waals surface area contributed by atoms with E-state index < -0.39 is 10.0 Å². The molecule has 0 bridgehead atoms. The van der Waals surface area contributed by atoms with Gasteiger partial charge in [0.25, 0.3) is 0 Å². The van der Waals surface area contributed by atoms with Gasteiger partial charge in [0, 0.05) is 6.54 Å². The monoisotopic (exact) mass is 281 g/mol. The molecule has 0 aliphatic rings. The van der Waals surface area contributed by atoms with Crippen LogP contribution in [0, 0.1) is 0 Å². The van der Waals surface area contributed by atoms with Crippen molar-refractivity contribution in [3.05, 3.63) is 17.7 Å². The zero-order valence-electron chi connectivity index (χ0n) is 8.68. The lowest BCUT2D eigenvalue weighted by Gasteiger charge is -2.05. The molecule has 90 valence electrons. The van der Waals surface area contributed by atoms with Crippen LogP contribution >= 0.6 is 23.4 Å². The number of sulfonamides is 1. The van der Waals surface area contributed by atoms with Gasteiger partial charge in [-0.2, -0.15) is 11.8 Å². The van der Waals surface area contributed by atoms with Gasteiger partial charge in [-0.3, -0.25) is 0 Å². The minimum absolute atomic E-state index is 0.0288. The van der Waals surface area contributed by atoms with E-state index >= 15 is 0 Å². The van der Waals surface area contributed by atoms with E-state index in [1.165, 1.54) is 12.4 Å². The second kappa shape index (κ2) is 6.39. The summed E-state index contributed by atoms with van der Waals surface area (Å²) in [6.07, 6.45) is 5.13. The Morgan fingerprint density at radius 3 is 2.62 bits per heavy atom. The third-order valence-electron chi connectivity index (χ3n) is 1.72. The first kappa shape index (κ1) is 13.7. The van der Waals surface area contributed by atoms with Gasteiger partial charge < -0.3 is 0 Å².